The Labute approximate surface area is 436 Å². The second kappa shape index (κ2) is 29.1. The zero-order valence-corrected chi connectivity index (χ0v) is 43.5. The molecule has 3 amide bonds. The van der Waals surface area contributed by atoms with E-state index in [4.69, 9.17) is 45.9 Å². The van der Waals surface area contributed by atoms with Crippen LogP contribution in [-0.2, 0) is 75.9 Å². The summed E-state index contributed by atoms with van der Waals surface area (Å²) in [7, 11) is -4.92. The Morgan fingerprint density at radius 2 is 1.50 bits per heavy atom. The van der Waals surface area contributed by atoms with Crippen molar-refractivity contribution in [1.82, 2.24) is 24.8 Å². The summed E-state index contributed by atoms with van der Waals surface area (Å²) in [4.78, 5) is 65.9. The maximum atomic E-state index is 14.6. The SMILES string of the molecule is O=S(=O)([O-])O.[CH2-]C1O[C@H](O[C@@H]2C(C(=O)[O-])O[C@@H](OCCOCCn3cc(CN(CCCCCN4C(=O)[C@@H]5[C@H](C4=O)[C@H](CC)O[C@@H]5CC)C(=O)CCC(C)=O)nn3)C(O)[C@H]2O)C(F)[C@@H](O)[C@@H]1O.[Na+].[Na+]. The fourth-order valence-corrected chi connectivity index (χ4v) is 8.03. The topological polar surface area (TPSA) is 359 Å². The molecule has 25 nitrogen and oxygen atoms in total. The molecule has 4 saturated heterocycles. The van der Waals surface area contributed by atoms with Gasteiger partial charge in [0.05, 0.1) is 75.2 Å². The van der Waals surface area contributed by atoms with Gasteiger partial charge in [-0.25, -0.2) is 17.5 Å². The number of Topliss-reactive ketones (excluding diaryl/α,β-unsaturated/α-hetero) is 1. The van der Waals surface area contributed by atoms with E-state index in [1.165, 1.54) is 16.5 Å². The van der Waals surface area contributed by atoms with Crippen LogP contribution in [0.4, 0.5) is 4.39 Å². The van der Waals surface area contributed by atoms with Crippen LogP contribution in [0.3, 0.4) is 0 Å². The third-order valence-corrected chi connectivity index (χ3v) is 11.4. The van der Waals surface area contributed by atoms with Crippen molar-refractivity contribution >= 4 is 39.9 Å². The number of rotatable bonds is 23. The van der Waals surface area contributed by atoms with Gasteiger partial charge < -0.3 is 79.9 Å². The van der Waals surface area contributed by atoms with E-state index in [1.807, 2.05) is 13.8 Å². The smallest absolute Gasteiger partial charge is 0.726 e. The fourth-order valence-electron chi connectivity index (χ4n) is 8.03. The predicted octanol–water partition coefficient (Wildman–Crippen LogP) is -9.42. The van der Waals surface area contributed by atoms with Crippen LogP contribution in [0.15, 0.2) is 6.20 Å². The number of hydrogen-bond donors (Lipinski definition) is 5. The number of carboxylic acid groups (broad SMARTS) is 1. The molecule has 4 unspecified atom stereocenters. The molecule has 4 fully saturated rings. The van der Waals surface area contributed by atoms with Gasteiger partial charge in [0.25, 0.3) is 0 Å². The molecule has 4 aliphatic heterocycles. The average Bonchev–Trinajstić information content (AvgIpc) is 3.94. The molecule has 68 heavy (non-hydrogen) atoms. The predicted molar refractivity (Wildman–Crippen MR) is 213 cm³/mol. The van der Waals surface area contributed by atoms with Crippen molar-refractivity contribution in [2.24, 2.45) is 11.8 Å². The number of ketones is 1. The molecule has 5 rings (SSSR count). The van der Waals surface area contributed by atoms with Gasteiger partial charge >= 0.3 is 59.1 Å². The van der Waals surface area contributed by atoms with Crippen molar-refractivity contribution < 1.29 is 159 Å². The molecule has 29 heteroatoms. The second-order valence-electron chi connectivity index (χ2n) is 16.2. The normalized spacial score (nSPS) is 31.2. The molecule has 1 aromatic rings. The number of hydrogen-bond acceptors (Lipinski definition) is 21. The summed E-state index contributed by atoms with van der Waals surface area (Å²) in [6, 6.07) is 0. The maximum Gasteiger partial charge on any atom is 1.00 e. The number of imide groups is 1. The van der Waals surface area contributed by atoms with Gasteiger partial charge in [0.15, 0.2) is 18.8 Å². The van der Waals surface area contributed by atoms with E-state index in [-0.39, 0.29) is 141 Å². The summed E-state index contributed by atoms with van der Waals surface area (Å²) in [5.74, 6) is -3.43. The Morgan fingerprint density at radius 1 is 0.882 bits per heavy atom. The summed E-state index contributed by atoms with van der Waals surface area (Å²) in [6.45, 7) is 9.56. The van der Waals surface area contributed by atoms with E-state index in [1.54, 1.807) is 11.1 Å². The molecule has 0 aliphatic carbocycles. The first kappa shape index (κ1) is 62.4. The van der Waals surface area contributed by atoms with Gasteiger partial charge in [-0.05, 0) is 45.1 Å². The number of aliphatic hydroxyl groups is 4. The largest absolute Gasteiger partial charge is 1.00 e. The quantitative estimate of drug-likeness (QED) is 0.0170. The maximum absolute atomic E-state index is 14.6. The van der Waals surface area contributed by atoms with E-state index in [9.17, 15) is 53.9 Å². The number of alkyl halides is 1. The molecule has 0 bridgehead atoms. The Balaban J connectivity index is 0.00000215. The first-order valence-corrected chi connectivity index (χ1v) is 22.8. The Bertz CT molecular complexity index is 1870. The molecule has 0 aromatic carbocycles. The summed E-state index contributed by atoms with van der Waals surface area (Å²) in [6.07, 6.45) is -14.5. The molecule has 0 saturated carbocycles. The Hall–Kier alpha value is -1.71. The molecule has 0 spiro atoms. The molecule has 5 heterocycles. The monoisotopic (exact) mass is 1010 g/mol. The van der Waals surface area contributed by atoms with E-state index >= 15 is 0 Å². The third kappa shape index (κ3) is 17.5. The van der Waals surface area contributed by atoms with Gasteiger partial charge in [0, 0.05) is 25.9 Å². The Morgan fingerprint density at radius 3 is 2.07 bits per heavy atom. The molecule has 4 aliphatic rings. The molecule has 14 atom stereocenters. The molecular weight excluding hydrogens is 955 g/mol. The first-order chi connectivity index (χ1) is 31.1. The van der Waals surface area contributed by atoms with Gasteiger partial charge in [-0.3, -0.25) is 23.8 Å². The standard InChI is InChI=1S/C39H59FN5O16.2Na.H2O4S/c1-5-23-26-27(24(6-2)59-23)36(53)45(35(26)52)13-9-7-8-12-43(25(47)11-10-20(3)46)18-22-19-44(42-41-22)14-15-56-16-17-57-39-32(51)31(50)33(34(61-39)37(54)55)60-38-28(40)30(49)29(48)21(4)58-38;;;1-5(2,3)4/h19,21,23-24,26-34,38-39,48-51H,4-18H2,1-3H3,(H,54,55);;;(H2,1,2,3,4)/q-1;2*+1;/p-2/t21?,23-,24+,26+,27-,28?,29-,30-,31-,32?,33+,34?,38-,39-;;;/m1.../s1. The zero-order chi connectivity index (χ0) is 49.0. The van der Waals surface area contributed by atoms with Crippen LogP contribution in [0.25, 0.3) is 0 Å². The number of aliphatic carboxylic acids is 1. The minimum Gasteiger partial charge on any atom is -0.726 e. The summed E-state index contributed by atoms with van der Waals surface area (Å²) in [5, 5.41) is 61.0. The summed E-state index contributed by atoms with van der Waals surface area (Å²) < 4.78 is 81.5. The third-order valence-electron chi connectivity index (χ3n) is 11.4. The number of carbonyl (C=O) groups excluding carboxylic acids is 5. The number of unbranched alkanes of at least 4 members (excludes halogenated alkanes) is 2. The number of carboxylic acids is 1. The number of amides is 3. The van der Waals surface area contributed by atoms with Crippen LogP contribution in [0.1, 0.15) is 71.4 Å². The van der Waals surface area contributed by atoms with E-state index in [2.05, 4.69) is 17.2 Å². The van der Waals surface area contributed by atoms with Crippen molar-refractivity contribution in [3.8, 4) is 0 Å². The van der Waals surface area contributed by atoms with Crippen molar-refractivity contribution in [3.05, 3.63) is 18.8 Å². The number of nitrogens with zero attached hydrogens (tertiary/aromatic N) is 5. The second-order valence-corrected chi connectivity index (χ2v) is 17.0. The van der Waals surface area contributed by atoms with Gasteiger partial charge in [-0.1, -0.05) is 19.1 Å². The number of fused-ring (bicyclic) bond motifs is 1. The Kier molecular flexibility index (Phi) is 26.7. The van der Waals surface area contributed by atoms with Crippen molar-refractivity contribution in [3.63, 3.8) is 0 Å². The van der Waals surface area contributed by atoms with Crippen LogP contribution < -0.4 is 64.2 Å². The van der Waals surface area contributed by atoms with E-state index in [0.717, 1.165) is 0 Å². The number of ether oxygens (including phenoxy) is 6. The zero-order valence-electron chi connectivity index (χ0n) is 38.6. The molecular formula is C39H59FN5Na2O20S-. The van der Waals surface area contributed by atoms with Crippen LogP contribution in [0.2, 0.25) is 0 Å². The number of carbonyl (C=O) groups is 5. The van der Waals surface area contributed by atoms with Crippen LogP contribution in [0, 0.1) is 18.8 Å². The van der Waals surface area contributed by atoms with Gasteiger partial charge in [-0.15, -0.1) is 5.10 Å². The number of likely N-dealkylation sites (tertiary alicyclic amines) is 1. The van der Waals surface area contributed by atoms with Crippen molar-refractivity contribution in [1.29, 1.82) is 0 Å². The van der Waals surface area contributed by atoms with Crippen LogP contribution in [-0.4, -0.2) is 199 Å². The van der Waals surface area contributed by atoms with Gasteiger partial charge in [0.2, 0.25) is 28.1 Å². The van der Waals surface area contributed by atoms with E-state index in [0.29, 0.717) is 50.9 Å². The average molecular weight is 1010 g/mol. The number of aliphatic hydroxyl groups excluding tert-OH is 4. The van der Waals surface area contributed by atoms with Crippen LogP contribution in [0.5, 0.6) is 0 Å². The molecule has 0 radical (unpaired) electrons. The van der Waals surface area contributed by atoms with E-state index < -0.39 is 89.7 Å². The van der Waals surface area contributed by atoms with Crippen LogP contribution >= 0.6 is 0 Å². The number of aromatic nitrogens is 3. The fraction of sp³-hybridized carbons (Fsp3) is 0.795. The van der Waals surface area contributed by atoms with Gasteiger partial charge in [-0.2, -0.15) is 0 Å². The minimum absolute atomic E-state index is 0. The minimum atomic E-state index is -4.92. The van der Waals surface area contributed by atoms with Crippen molar-refractivity contribution in [2.75, 3.05) is 32.9 Å². The molecule has 1 aromatic heterocycles. The summed E-state index contributed by atoms with van der Waals surface area (Å²) in [5.41, 5.74) is 0.487. The number of halogens is 1. The first-order valence-electron chi connectivity index (χ1n) is 21.5. The molecule has 376 valence electrons. The summed E-state index contributed by atoms with van der Waals surface area (Å²) >= 11 is 0. The van der Waals surface area contributed by atoms with Crippen molar-refractivity contribution in [2.45, 2.75) is 152 Å². The van der Waals surface area contributed by atoms with Gasteiger partial charge in [0.1, 0.15) is 42.0 Å². The molecule has 5 N–H and O–H groups in total.